The Labute approximate surface area is 188 Å². The Morgan fingerprint density at radius 2 is 1.80 bits per heavy atom. The molecule has 0 amide bonds. The molecule has 0 aliphatic rings. The first-order chi connectivity index (χ1) is 14.3. The molecule has 0 fully saturated rings. The summed E-state index contributed by atoms with van der Waals surface area (Å²) in [6.45, 7) is 4.04. The first kappa shape index (κ1) is 24.4. The lowest BCUT2D eigenvalue weighted by Gasteiger charge is -2.23. The van der Waals surface area contributed by atoms with Crippen LogP contribution in [0.25, 0.3) is 0 Å². The number of hydrogen-bond donors (Lipinski definition) is 0. The minimum Gasteiger partial charge on any atom is -0.497 e. The van der Waals surface area contributed by atoms with E-state index in [9.17, 15) is 8.42 Å². The molecule has 0 heterocycles. The van der Waals surface area contributed by atoms with Gasteiger partial charge in [0.1, 0.15) is 5.75 Å². The largest absolute Gasteiger partial charge is 0.497 e. The zero-order valence-corrected chi connectivity index (χ0v) is 20.0. The predicted octanol–water partition coefficient (Wildman–Crippen LogP) is 5.09. The topological polar surface area (TPSA) is 61.8 Å². The molecule has 0 saturated carbocycles. The van der Waals surface area contributed by atoms with Crippen LogP contribution in [0.15, 0.2) is 46.9 Å². The quantitative estimate of drug-likeness (QED) is 0.340. The molecule has 0 N–H and O–H groups in total. The van der Waals surface area contributed by atoms with Gasteiger partial charge in [0.05, 0.1) is 32.7 Å². The SMILES string of the molecule is CC#Cc1ccc(Br)cc1C(CC(C)CS(=O)(=O)OC)OCc1ccc(OC)cc1. The summed E-state index contributed by atoms with van der Waals surface area (Å²) in [5, 5.41) is 0. The zero-order valence-electron chi connectivity index (χ0n) is 17.6. The molecule has 2 rings (SSSR count). The normalized spacial score (nSPS) is 13.2. The van der Waals surface area contributed by atoms with Gasteiger partial charge in [-0.25, -0.2) is 0 Å². The minimum absolute atomic E-state index is 0.0747. The Morgan fingerprint density at radius 3 is 2.40 bits per heavy atom. The Balaban J connectivity index is 2.29. The number of halogens is 1. The summed E-state index contributed by atoms with van der Waals surface area (Å²) in [6.07, 6.45) is 0.177. The third-order valence-electron chi connectivity index (χ3n) is 4.59. The molecule has 0 saturated heterocycles. The van der Waals surface area contributed by atoms with Crippen molar-refractivity contribution in [2.24, 2.45) is 5.92 Å². The fourth-order valence-electron chi connectivity index (χ4n) is 3.10. The molecule has 0 aliphatic heterocycles. The van der Waals surface area contributed by atoms with Gasteiger partial charge >= 0.3 is 0 Å². The summed E-state index contributed by atoms with van der Waals surface area (Å²) in [6, 6.07) is 13.5. The summed E-state index contributed by atoms with van der Waals surface area (Å²) < 4.78 is 40.8. The second kappa shape index (κ2) is 11.5. The van der Waals surface area contributed by atoms with E-state index in [2.05, 4.69) is 32.0 Å². The maximum Gasteiger partial charge on any atom is 0.267 e. The van der Waals surface area contributed by atoms with Gasteiger partial charge < -0.3 is 9.47 Å². The monoisotopic (exact) mass is 494 g/mol. The smallest absolute Gasteiger partial charge is 0.267 e. The number of benzene rings is 2. The van der Waals surface area contributed by atoms with Crippen molar-refractivity contribution in [2.45, 2.75) is 33.0 Å². The standard InChI is InChI=1S/C23H27BrO5S/c1-5-6-19-9-10-20(24)14-22(19)23(13-17(2)16-30(25,26)28-4)29-15-18-7-11-21(27-3)12-8-18/h7-12,14,17,23H,13,15-16H2,1-4H3. The highest BCUT2D eigenvalue weighted by atomic mass is 79.9. The van der Waals surface area contributed by atoms with Gasteiger partial charge in [0.2, 0.25) is 0 Å². The Kier molecular flexibility index (Phi) is 9.37. The van der Waals surface area contributed by atoms with E-state index >= 15 is 0 Å². The van der Waals surface area contributed by atoms with E-state index in [-0.39, 0.29) is 17.8 Å². The molecular weight excluding hydrogens is 468 g/mol. The molecular formula is C23H27BrO5S. The lowest BCUT2D eigenvalue weighted by atomic mass is 9.95. The van der Waals surface area contributed by atoms with Crippen LogP contribution in [0.2, 0.25) is 0 Å². The number of hydrogen-bond acceptors (Lipinski definition) is 5. The Bertz CT molecular complexity index is 990. The maximum atomic E-state index is 11.9. The highest BCUT2D eigenvalue weighted by molar-refractivity contribution is 9.10. The molecule has 7 heteroatoms. The first-order valence-electron chi connectivity index (χ1n) is 9.53. The first-order valence-corrected chi connectivity index (χ1v) is 11.9. The van der Waals surface area contributed by atoms with Crippen LogP contribution in [-0.4, -0.2) is 28.4 Å². The van der Waals surface area contributed by atoms with Gasteiger partial charge in [-0.3, -0.25) is 4.18 Å². The van der Waals surface area contributed by atoms with Crippen LogP contribution in [0, 0.1) is 17.8 Å². The van der Waals surface area contributed by atoms with Crippen molar-refractivity contribution in [3.05, 3.63) is 63.6 Å². The van der Waals surface area contributed by atoms with Crippen molar-refractivity contribution in [1.82, 2.24) is 0 Å². The van der Waals surface area contributed by atoms with Crippen molar-refractivity contribution in [1.29, 1.82) is 0 Å². The van der Waals surface area contributed by atoms with Crippen molar-refractivity contribution >= 4 is 26.0 Å². The van der Waals surface area contributed by atoms with Gasteiger partial charge in [0.25, 0.3) is 10.1 Å². The van der Waals surface area contributed by atoms with Gasteiger partial charge in [-0.2, -0.15) is 8.42 Å². The molecule has 0 aromatic heterocycles. The van der Waals surface area contributed by atoms with Crippen molar-refractivity contribution in [3.8, 4) is 17.6 Å². The fraction of sp³-hybridized carbons (Fsp3) is 0.391. The minimum atomic E-state index is -3.56. The molecule has 5 nitrogen and oxygen atoms in total. The highest BCUT2D eigenvalue weighted by Crippen LogP contribution is 2.32. The van der Waals surface area contributed by atoms with E-state index in [0.717, 1.165) is 26.9 Å². The van der Waals surface area contributed by atoms with Crippen LogP contribution >= 0.6 is 15.9 Å². The lowest BCUT2D eigenvalue weighted by Crippen LogP contribution is -2.19. The fourth-order valence-corrected chi connectivity index (χ4v) is 4.45. The molecule has 0 aliphatic carbocycles. The number of methoxy groups -OCH3 is 1. The molecule has 2 aromatic rings. The highest BCUT2D eigenvalue weighted by Gasteiger charge is 2.23. The van der Waals surface area contributed by atoms with Crippen LogP contribution < -0.4 is 4.74 Å². The third kappa shape index (κ3) is 7.44. The second-order valence-corrected chi connectivity index (χ2v) is 9.68. The number of rotatable bonds is 10. The molecule has 30 heavy (non-hydrogen) atoms. The average Bonchev–Trinajstić information content (AvgIpc) is 2.72. The van der Waals surface area contributed by atoms with Gasteiger partial charge in [-0.1, -0.05) is 40.9 Å². The van der Waals surface area contributed by atoms with Gasteiger partial charge in [-0.05, 0) is 60.7 Å². The Hall–Kier alpha value is -1.85. The van der Waals surface area contributed by atoms with Gasteiger partial charge in [0.15, 0.2) is 0 Å². The third-order valence-corrected chi connectivity index (χ3v) is 6.57. The van der Waals surface area contributed by atoms with Crippen LogP contribution in [0.3, 0.4) is 0 Å². The van der Waals surface area contributed by atoms with E-state index in [0.29, 0.717) is 13.0 Å². The Morgan fingerprint density at radius 1 is 1.10 bits per heavy atom. The van der Waals surface area contributed by atoms with Crippen LogP contribution in [0.1, 0.15) is 43.1 Å². The van der Waals surface area contributed by atoms with E-state index in [4.69, 9.17) is 9.47 Å². The molecule has 0 spiro atoms. The summed E-state index contributed by atoms with van der Waals surface area (Å²) in [5.41, 5.74) is 2.78. The van der Waals surface area contributed by atoms with Crippen LogP contribution in [0.5, 0.6) is 5.75 Å². The molecule has 0 radical (unpaired) electrons. The van der Waals surface area contributed by atoms with Crippen molar-refractivity contribution in [2.75, 3.05) is 20.0 Å². The summed E-state index contributed by atoms with van der Waals surface area (Å²) in [7, 11) is -0.747. The average molecular weight is 495 g/mol. The van der Waals surface area contributed by atoms with Crippen molar-refractivity contribution in [3.63, 3.8) is 0 Å². The van der Waals surface area contributed by atoms with Crippen molar-refractivity contribution < 1.29 is 22.1 Å². The molecule has 2 aromatic carbocycles. The van der Waals surface area contributed by atoms with Crippen LogP contribution in [0.4, 0.5) is 0 Å². The van der Waals surface area contributed by atoms with Gasteiger partial charge in [-0.15, -0.1) is 5.92 Å². The molecule has 2 unspecified atom stereocenters. The predicted molar refractivity (Wildman–Crippen MR) is 122 cm³/mol. The molecule has 2 atom stereocenters. The molecule has 162 valence electrons. The molecule has 0 bridgehead atoms. The lowest BCUT2D eigenvalue weighted by molar-refractivity contribution is 0.0258. The summed E-state index contributed by atoms with van der Waals surface area (Å²) in [5.74, 6) is 6.59. The van der Waals surface area contributed by atoms with E-state index in [1.807, 2.05) is 49.4 Å². The summed E-state index contributed by atoms with van der Waals surface area (Å²) in [4.78, 5) is 0. The number of ether oxygens (including phenoxy) is 2. The van der Waals surface area contributed by atoms with Crippen LogP contribution in [-0.2, 0) is 25.6 Å². The maximum absolute atomic E-state index is 11.9. The second-order valence-electron chi connectivity index (χ2n) is 6.99. The van der Waals surface area contributed by atoms with E-state index < -0.39 is 10.1 Å². The van der Waals surface area contributed by atoms with E-state index in [1.54, 1.807) is 14.0 Å². The zero-order chi connectivity index (χ0) is 22.1. The van der Waals surface area contributed by atoms with E-state index in [1.165, 1.54) is 7.11 Å². The summed E-state index contributed by atoms with van der Waals surface area (Å²) >= 11 is 3.52. The van der Waals surface area contributed by atoms with Gasteiger partial charge in [0, 0.05) is 10.0 Å².